The summed E-state index contributed by atoms with van der Waals surface area (Å²) >= 11 is 0. The second-order valence-corrected chi connectivity index (χ2v) is 41.9. The molecule has 6 fully saturated rings. The number of carbonyl (C=O) groups excluding carboxylic acids is 7. The lowest BCUT2D eigenvalue weighted by Crippen LogP contribution is -2.60. The Balaban J connectivity index is 0.000000203. The van der Waals surface area contributed by atoms with Gasteiger partial charge in [0.2, 0.25) is 43.7 Å². The average molecular weight is 1780 g/mol. The SMILES string of the molecule is C=CC1C[C@]1(NC(=O)[C@@H]1C[C@@H](Oc2cc(-c3ccccc3)nc3cc(OC)ccc23)CN1C(=O)[C@@H](NC(=O)OC(C)(C)C)C(C)(C)C)C(=O)NS(=O)(=O)C1(Cc2ccccc2)CC1.C=CC1C[C@]1(NC(=O)[C@@H]1C[C@@H](Oc2cc(-c3ccccc3)nc3cc(OC)ccc23)CN1C(=O)[C@@H](NC(=O)OC(C)(C)C)C(C)(C)C)C(=O)O.NS(=O)(=O)C1(Cc2ccccc2)CC1. The van der Waals surface area contributed by atoms with Gasteiger partial charge in [0.1, 0.15) is 81.7 Å². The van der Waals surface area contributed by atoms with Crippen LogP contribution in [0.4, 0.5) is 9.59 Å². The number of methoxy groups -OCH3 is 2. The first-order valence-electron chi connectivity index (χ1n) is 42.5. The molecule has 10 atom stereocenters. The smallest absolute Gasteiger partial charge is 0.408 e. The molecule has 8 N–H and O–H groups in total. The number of carbonyl (C=O) groups is 8. The average Bonchev–Trinajstić information content (AvgIpc) is 1.55. The molecule has 0 spiro atoms. The Hall–Kier alpha value is -12.0. The van der Waals surface area contributed by atoms with E-state index < -0.39 is 159 Å². The van der Waals surface area contributed by atoms with Crippen molar-refractivity contribution in [1.82, 2.24) is 45.8 Å². The van der Waals surface area contributed by atoms with Gasteiger partial charge in [0.15, 0.2) is 0 Å². The molecule has 29 nitrogen and oxygen atoms in total. The Bertz CT molecular complexity index is 5720. The maximum absolute atomic E-state index is 14.8. The molecule has 4 saturated carbocycles. The van der Waals surface area contributed by atoms with E-state index in [4.69, 9.17) is 43.5 Å². The Morgan fingerprint density at radius 1 is 0.520 bits per heavy atom. The Kier molecular flexibility index (Phi) is 27.3. The number of carboxylic acid groups (broad SMARTS) is 1. The molecular formula is C96H116N10O19S2. The highest BCUT2D eigenvalue weighted by Crippen LogP contribution is 2.50. The van der Waals surface area contributed by atoms with Crippen LogP contribution in [0.25, 0.3) is 44.3 Å². The number of nitrogens with one attached hydrogen (secondary N) is 5. The van der Waals surface area contributed by atoms with Gasteiger partial charge in [0.05, 0.1) is 59.2 Å². The molecule has 4 aliphatic carbocycles. The highest BCUT2D eigenvalue weighted by Gasteiger charge is 2.65. The number of aliphatic carboxylic acids is 1. The predicted octanol–water partition coefficient (Wildman–Crippen LogP) is 12.9. The molecule has 8 aromatic rings. The zero-order chi connectivity index (χ0) is 92.4. The first kappa shape index (κ1) is 94.2. The third kappa shape index (κ3) is 22.0. The summed E-state index contributed by atoms with van der Waals surface area (Å²) in [5.74, 6) is -3.31. The number of pyridine rings is 2. The Labute approximate surface area is 742 Å². The van der Waals surface area contributed by atoms with Gasteiger partial charge in [-0.25, -0.2) is 46.3 Å². The van der Waals surface area contributed by atoms with Gasteiger partial charge in [0.25, 0.3) is 5.91 Å². The number of ether oxygens (including phenoxy) is 6. The summed E-state index contributed by atoms with van der Waals surface area (Å²) in [6, 6.07) is 48.0. The normalized spacial score (nSPS) is 21.8. The molecule has 2 saturated heterocycles. The number of alkyl carbamates (subject to hydrolysis) is 2. The number of likely N-dealkylation sites (tertiary alicyclic amines) is 2. The van der Waals surface area contributed by atoms with Crippen LogP contribution in [0, 0.1) is 22.7 Å². The third-order valence-corrected chi connectivity index (χ3v) is 27.7. The molecule has 2 aliphatic heterocycles. The molecule has 14 rings (SSSR count). The largest absolute Gasteiger partial charge is 0.497 e. The standard InChI is InChI=1S/C48H57N5O9S.C38H46N4O8.C10H13NO2S/c1-9-32-28-48(32,43(56)52-63(58,59)47(22-23-47)27-30-16-12-10-13-17-30)51-41(54)38-25-34(29-53(38)42(55)40(45(2,3)4)50-44(57)62-46(5,6)7)61-39-26-36(31-18-14-11-15-19-31)49-37-24-33(60-8)20-21-35(37)39;1-9-23-20-38(23,34(45)46)41-32(43)29-18-25(21-42(29)33(44)31(36(2,3)4)40-35(47)50-37(5,6)7)49-30-19-27(22-13-11-10-12-14-22)39-28-17-24(48-8)15-16-26(28)30;11-14(12,13)10(6-7-10)8-9-4-2-1-3-5-9/h9-21,24,26,32,34,38,40H,1,22-23,25,27-29H2,2-8H3,(H,50,57)(H,51,54)(H,52,56);9-17,19,23,25,29,31H,1,18,20-21H2,2-8H3,(H,40,47)(H,41,43)(H,45,46);1-5H,6-8H2,(H2,11,12,13)/t32?,34-,38+,40-,48-;23?,25-,29+,31-,38-;/m11./s1. The molecule has 6 aliphatic rings. The van der Waals surface area contributed by atoms with Crippen molar-refractivity contribution in [2.75, 3.05) is 27.3 Å². The number of aromatic nitrogens is 2. The van der Waals surface area contributed by atoms with Crippen molar-refractivity contribution < 1.29 is 88.7 Å². The van der Waals surface area contributed by atoms with Crippen LogP contribution in [0.1, 0.15) is 146 Å². The summed E-state index contributed by atoms with van der Waals surface area (Å²) < 4.78 is 86.2. The predicted molar refractivity (Wildman–Crippen MR) is 482 cm³/mol. The first-order valence-corrected chi connectivity index (χ1v) is 45.5. The monoisotopic (exact) mass is 1780 g/mol. The van der Waals surface area contributed by atoms with Gasteiger partial charge >= 0.3 is 18.2 Å². The minimum absolute atomic E-state index is 0.00352. The summed E-state index contributed by atoms with van der Waals surface area (Å²) in [6.45, 7) is 28.6. The second kappa shape index (κ2) is 36.8. The number of nitrogens with zero attached hydrogens (tertiary/aromatic N) is 4. The van der Waals surface area contributed by atoms with E-state index in [1.54, 1.807) is 116 Å². The van der Waals surface area contributed by atoms with Crippen molar-refractivity contribution in [3.05, 3.63) is 206 Å². The first-order chi connectivity index (χ1) is 59.7. The number of fused-ring (bicyclic) bond motifs is 2. The summed E-state index contributed by atoms with van der Waals surface area (Å²) in [4.78, 5) is 123. The summed E-state index contributed by atoms with van der Waals surface area (Å²) in [6.07, 6.45) is 3.31. The molecule has 6 aromatic carbocycles. The van der Waals surface area contributed by atoms with Crippen molar-refractivity contribution >= 4 is 89.5 Å². The molecule has 0 bridgehead atoms. The van der Waals surface area contributed by atoms with Gasteiger partial charge in [0, 0.05) is 70.8 Å². The van der Waals surface area contributed by atoms with Gasteiger partial charge in [-0.05, 0) is 139 Å². The van der Waals surface area contributed by atoms with E-state index in [-0.39, 0.29) is 45.2 Å². The highest BCUT2D eigenvalue weighted by atomic mass is 32.2. The number of benzene rings is 6. The van der Waals surface area contributed by atoms with Crippen molar-refractivity contribution in [3.8, 4) is 45.5 Å². The van der Waals surface area contributed by atoms with Crippen LogP contribution >= 0.6 is 0 Å². The molecule has 2 unspecified atom stereocenters. The number of nitrogens with two attached hydrogens (primary N) is 1. The highest BCUT2D eigenvalue weighted by molar-refractivity contribution is 7.91. The van der Waals surface area contributed by atoms with E-state index in [0.29, 0.717) is 88.3 Å². The third-order valence-electron chi connectivity index (χ3n) is 23.8. The van der Waals surface area contributed by atoms with Crippen LogP contribution in [0.2, 0.25) is 0 Å². The van der Waals surface area contributed by atoms with E-state index in [2.05, 4.69) is 39.1 Å². The number of hydrogen-bond donors (Lipinski definition) is 7. The Morgan fingerprint density at radius 3 is 1.21 bits per heavy atom. The topological polar surface area (TPSA) is 399 Å². The lowest BCUT2D eigenvalue weighted by Gasteiger charge is -2.36. The zero-order valence-electron chi connectivity index (χ0n) is 74.3. The number of primary sulfonamides is 1. The van der Waals surface area contributed by atoms with Crippen molar-refractivity contribution in [2.45, 2.75) is 215 Å². The van der Waals surface area contributed by atoms with E-state index in [1.165, 1.54) is 22.0 Å². The maximum atomic E-state index is 14.8. The number of amides is 7. The molecule has 4 heterocycles. The second-order valence-electron chi connectivity index (χ2n) is 37.9. The van der Waals surface area contributed by atoms with Crippen LogP contribution < -0.4 is 50.1 Å². The van der Waals surface area contributed by atoms with Crippen molar-refractivity contribution in [3.63, 3.8) is 0 Å². The van der Waals surface area contributed by atoms with E-state index in [9.17, 15) is 60.3 Å². The molecule has 31 heteroatoms. The molecule has 127 heavy (non-hydrogen) atoms. The molecule has 7 amide bonds. The minimum Gasteiger partial charge on any atom is -0.497 e. The lowest BCUT2D eigenvalue weighted by atomic mass is 9.85. The fraction of sp³-hybridized carbons (Fsp3) is 0.438. The van der Waals surface area contributed by atoms with E-state index in [1.807, 2.05) is 152 Å². The quantitative estimate of drug-likeness (QED) is 0.0235. The molecule has 676 valence electrons. The van der Waals surface area contributed by atoms with Gasteiger partial charge in [-0.1, -0.05) is 175 Å². The summed E-state index contributed by atoms with van der Waals surface area (Å²) in [5, 5.41) is 27.6. The van der Waals surface area contributed by atoms with Crippen LogP contribution in [0.3, 0.4) is 0 Å². The molecule has 2 aromatic heterocycles. The molecular weight excluding hydrogens is 1660 g/mol. The van der Waals surface area contributed by atoms with Gasteiger partial charge < -0.3 is 64.6 Å². The van der Waals surface area contributed by atoms with E-state index in [0.717, 1.165) is 22.3 Å². The number of sulfonamides is 2. The van der Waals surface area contributed by atoms with Crippen LogP contribution in [-0.4, -0.2) is 185 Å². The van der Waals surface area contributed by atoms with Crippen molar-refractivity contribution in [1.29, 1.82) is 0 Å². The van der Waals surface area contributed by atoms with Crippen LogP contribution in [-0.2, 0) is 71.1 Å². The fourth-order valence-electron chi connectivity index (χ4n) is 16.2. The Morgan fingerprint density at radius 2 is 0.882 bits per heavy atom. The lowest BCUT2D eigenvalue weighted by molar-refractivity contribution is -0.146. The number of carboxylic acids is 1. The number of rotatable bonds is 27. The summed E-state index contributed by atoms with van der Waals surface area (Å²) in [5.41, 5.74) is -0.340. The minimum atomic E-state index is -4.18. The fourth-order valence-corrected chi connectivity index (χ4v) is 18.9. The maximum Gasteiger partial charge on any atom is 0.408 e. The zero-order valence-corrected chi connectivity index (χ0v) is 76.0. The van der Waals surface area contributed by atoms with E-state index >= 15 is 0 Å². The van der Waals surface area contributed by atoms with Gasteiger partial charge in [-0.2, -0.15) is 0 Å². The van der Waals surface area contributed by atoms with Gasteiger partial charge in [-0.15, -0.1) is 13.2 Å². The van der Waals surface area contributed by atoms with Crippen molar-refractivity contribution in [2.24, 2.45) is 27.8 Å². The van der Waals surface area contributed by atoms with Crippen LogP contribution in [0.15, 0.2) is 195 Å². The molecule has 0 radical (unpaired) electrons. The number of hydrogen-bond acceptors (Lipinski definition) is 20. The van der Waals surface area contributed by atoms with Crippen LogP contribution in [0.5, 0.6) is 23.0 Å². The summed E-state index contributed by atoms with van der Waals surface area (Å²) in [7, 11) is -4.42. The van der Waals surface area contributed by atoms with Gasteiger partial charge in [-0.3, -0.25) is 28.7 Å².